The molecule has 2 heterocycles. The summed E-state index contributed by atoms with van der Waals surface area (Å²) in [5.74, 6) is 0.805. The van der Waals surface area contributed by atoms with E-state index in [0.717, 1.165) is 5.69 Å². The molecule has 4 rings (SSSR count). The number of anilines is 4. The van der Waals surface area contributed by atoms with Gasteiger partial charge in [-0.25, -0.2) is 5.43 Å². The number of aromatic hydroxyl groups is 1. The molecule has 0 bridgehead atoms. The van der Waals surface area contributed by atoms with E-state index in [1.54, 1.807) is 0 Å². The Morgan fingerprint density at radius 1 is 1.09 bits per heavy atom. The Morgan fingerprint density at radius 2 is 1.84 bits per heavy atom. The lowest BCUT2D eigenvalue weighted by Gasteiger charge is -2.27. The van der Waals surface area contributed by atoms with Crippen molar-refractivity contribution in [2.24, 2.45) is 5.10 Å². The van der Waals surface area contributed by atoms with Gasteiger partial charge in [-0.2, -0.15) is 20.1 Å². The van der Waals surface area contributed by atoms with Crippen LogP contribution in [0.15, 0.2) is 53.6 Å². The van der Waals surface area contributed by atoms with Crippen molar-refractivity contribution in [1.82, 2.24) is 15.0 Å². The predicted molar refractivity (Wildman–Crippen MR) is 119 cm³/mol. The number of nitro benzene ring substituents is 1. The molecule has 0 unspecified atom stereocenters. The van der Waals surface area contributed by atoms with Gasteiger partial charge in [-0.05, 0) is 18.2 Å². The van der Waals surface area contributed by atoms with Crippen molar-refractivity contribution in [1.29, 1.82) is 0 Å². The number of nitrogens with zero attached hydrogens (tertiary/aromatic N) is 6. The highest BCUT2D eigenvalue weighted by Crippen LogP contribution is 2.22. The van der Waals surface area contributed by atoms with Crippen LogP contribution < -0.4 is 15.6 Å². The van der Waals surface area contributed by atoms with Gasteiger partial charge in [0.05, 0.1) is 24.4 Å². The standard InChI is InChI=1S/C20H20N8O4/c29-17-7-6-16(28(30)31)12-14(17)13-21-26-19-23-18(22-15-4-2-1-3-5-15)24-20(25-19)27-8-10-32-11-9-27/h1-7,12-13,29H,8-11H2,(H2,22,23,24,25,26)/b21-13-. The number of phenolic OH excluding ortho intramolecular Hbond substituents is 1. The van der Waals surface area contributed by atoms with Gasteiger partial charge >= 0.3 is 0 Å². The lowest BCUT2D eigenvalue weighted by Crippen LogP contribution is -2.37. The Balaban J connectivity index is 1.58. The molecule has 12 nitrogen and oxygen atoms in total. The van der Waals surface area contributed by atoms with Gasteiger partial charge in [0.1, 0.15) is 5.75 Å². The second-order valence-electron chi connectivity index (χ2n) is 6.74. The number of aromatic nitrogens is 3. The Morgan fingerprint density at radius 3 is 2.59 bits per heavy atom. The molecule has 1 saturated heterocycles. The average molecular weight is 436 g/mol. The molecule has 0 spiro atoms. The number of hydrogen-bond acceptors (Lipinski definition) is 11. The molecule has 12 heteroatoms. The van der Waals surface area contributed by atoms with Crippen molar-refractivity contribution in [3.8, 4) is 5.75 Å². The van der Waals surface area contributed by atoms with Crippen LogP contribution in [0.25, 0.3) is 0 Å². The van der Waals surface area contributed by atoms with E-state index in [-0.39, 0.29) is 22.9 Å². The van der Waals surface area contributed by atoms with Crippen LogP contribution in [0.5, 0.6) is 5.75 Å². The molecule has 2 aromatic carbocycles. The van der Waals surface area contributed by atoms with Crippen LogP contribution in [0.4, 0.5) is 29.2 Å². The van der Waals surface area contributed by atoms with Crippen molar-refractivity contribution in [2.75, 3.05) is 41.9 Å². The summed E-state index contributed by atoms with van der Waals surface area (Å²) in [6.07, 6.45) is 1.25. The molecule has 1 aliphatic heterocycles. The van der Waals surface area contributed by atoms with E-state index < -0.39 is 4.92 Å². The molecule has 32 heavy (non-hydrogen) atoms. The lowest BCUT2D eigenvalue weighted by atomic mass is 10.2. The summed E-state index contributed by atoms with van der Waals surface area (Å²) in [4.78, 5) is 25.6. The lowest BCUT2D eigenvalue weighted by molar-refractivity contribution is -0.384. The van der Waals surface area contributed by atoms with E-state index in [9.17, 15) is 15.2 Å². The number of para-hydroxylation sites is 1. The van der Waals surface area contributed by atoms with Crippen molar-refractivity contribution < 1.29 is 14.8 Å². The fourth-order valence-electron chi connectivity index (χ4n) is 2.94. The minimum Gasteiger partial charge on any atom is -0.507 e. The average Bonchev–Trinajstić information content (AvgIpc) is 2.81. The van der Waals surface area contributed by atoms with Gasteiger partial charge in [0.2, 0.25) is 17.8 Å². The molecule has 3 N–H and O–H groups in total. The minimum atomic E-state index is -0.549. The molecule has 164 valence electrons. The third-order valence-corrected chi connectivity index (χ3v) is 4.54. The number of nitrogens with one attached hydrogen (secondary N) is 2. The quantitative estimate of drug-likeness (QED) is 0.286. The highest BCUT2D eigenvalue weighted by molar-refractivity contribution is 5.84. The fraction of sp³-hybridized carbons (Fsp3) is 0.200. The molecule has 1 fully saturated rings. The maximum absolute atomic E-state index is 11.0. The zero-order chi connectivity index (χ0) is 22.3. The molecule has 0 amide bonds. The zero-order valence-electron chi connectivity index (χ0n) is 16.9. The number of benzene rings is 2. The number of hydrogen-bond donors (Lipinski definition) is 3. The van der Waals surface area contributed by atoms with Crippen LogP contribution >= 0.6 is 0 Å². The van der Waals surface area contributed by atoms with E-state index in [2.05, 4.69) is 30.8 Å². The largest absolute Gasteiger partial charge is 0.507 e. The first-order valence-corrected chi connectivity index (χ1v) is 9.76. The minimum absolute atomic E-state index is 0.141. The summed E-state index contributed by atoms with van der Waals surface area (Å²) in [5.41, 5.74) is 3.53. The number of phenols is 1. The Labute approximate surface area is 182 Å². The second-order valence-corrected chi connectivity index (χ2v) is 6.74. The van der Waals surface area contributed by atoms with Gasteiger partial charge in [-0.3, -0.25) is 10.1 Å². The van der Waals surface area contributed by atoms with E-state index in [1.165, 1.54) is 24.4 Å². The zero-order valence-corrected chi connectivity index (χ0v) is 16.9. The smallest absolute Gasteiger partial charge is 0.270 e. The first kappa shape index (κ1) is 20.9. The monoisotopic (exact) mass is 436 g/mol. The number of hydrazone groups is 1. The third kappa shape index (κ3) is 5.23. The van der Waals surface area contributed by atoms with Crippen LogP contribution in [0, 0.1) is 10.1 Å². The van der Waals surface area contributed by atoms with Crippen LogP contribution in [-0.4, -0.2) is 57.5 Å². The molecule has 0 saturated carbocycles. The molecule has 3 aromatic rings. The van der Waals surface area contributed by atoms with E-state index >= 15 is 0 Å². The number of nitro groups is 1. The van der Waals surface area contributed by atoms with Gasteiger partial charge in [-0.15, -0.1) is 0 Å². The summed E-state index contributed by atoms with van der Waals surface area (Å²) >= 11 is 0. The normalized spacial score (nSPS) is 13.8. The molecule has 0 aliphatic carbocycles. The molecular formula is C20H20N8O4. The number of non-ortho nitro benzene ring substituents is 1. The maximum Gasteiger partial charge on any atom is 0.270 e. The van der Waals surface area contributed by atoms with Crippen molar-refractivity contribution in [3.63, 3.8) is 0 Å². The summed E-state index contributed by atoms with van der Waals surface area (Å²) in [7, 11) is 0. The highest BCUT2D eigenvalue weighted by Gasteiger charge is 2.17. The van der Waals surface area contributed by atoms with Crippen molar-refractivity contribution in [3.05, 3.63) is 64.2 Å². The first-order valence-electron chi connectivity index (χ1n) is 9.76. The Hall–Kier alpha value is -4.32. The number of morpholine rings is 1. The molecular weight excluding hydrogens is 416 g/mol. The van der Waals surface area contributed by atoms with Gasteiger partial charge in [0.15, 0.2) is 0 Å². The third-order valence-electron chi connectivity index (χ3n) is 4.54. The Bertz CT molecular complexity index is 1120. The summed E-state index contributed by atoms with van der Waals surface area (Å²) in [5, 5.41) is 28.0. The number of ether oxygens (including phenoxy) is 1. The Kier molecular flexibility index (Phi) is 6.32. The molecule has 0 atom stereocenters. The first-order chi connectivity index (χ1) is 15.6. The van der Waals surface area contributed by atoms with E-state index in [1.807, 2.05) is 35.2 Å². The van der Waals surface area contributed by atoms with Crippen molar-refractivity contribution in [2.45, 2.75) is 0 Å². The summed E-state index contributed by atoms with van der Waals surface area (Å²) < 4.78 is 5.39. The van der Waals surface area contributed by atoms with Gasteiger partial charge in [-0.1, -0.05) is 18.2 Å². The van der Waals surface area contributed by atoms with Crippen molar-refractivity contribution >= 4 is 35.4 Å². The molecule has 1 aromatic heterocycles. The fourth-order valence-corrected chi connectivity index (χ4v) is 2.94. The maximum atomic E-state index is 11.0. The van der Waals surface area contributed by atoms with Crippen LogP contribution in [0.2, 0.25) is 0 Å². The predicted octanol–water partition coefficient (Wildman–Crippen LogP) is 2.51. The molecule has 1 aliphatic rings. The van der Waals surface area contributed by atoms with Crippen LogP contribution in [-0.2, 0) is 4.74 Å². The van der Waals surface area contributed by atoms with Crippen LogP contribution in [0.1, 0.15) is 5.56 Å². The van der Waals surface area contributed by atoms with Gasteiger partial charge in [0.25, 0.3) is 5.69 Å². The molecule has 0 radical (unpaired) electrons. The summed E-state index contributed by atoms with van der Waals surface area (Å²) in [6.45, 7) is 2.42. The summed E-state index contributed by atoms with van der Waals surface area (Å²) in [6, 6.07) is 13.1. The SMILES string of the molecule is O=[N+]([O-])c1ccc(O)c(/C=N\Nc2nc(Nc3ccccc3)nc(N3CCOCC3)n2)c1. The number of rotatable bonds is 7. The highest BCUT2D eigenvalue weighted by atomic mass is 16.6. The van der Waals surface area contributed by atoms with E-state index in [0.29, 0.717) is 38.2 Å². The van der Waals surface area contributed by atoms with Gasteiger partial charge in [0, 0.05) is 36.5 Å². The van der Waals surface area contributed by atoms with E-state index in [4.69, 9.17) is 4.74 Å². The van der Waals surface area contributed by atoms with Gasteiger partial charge < -0.3 is 20.1 Å². The van der Waals surface area contributed by atoms with Crippen LogP contribution in [0.3, 0.4) is 0 Å². The topological polar surface area (TPSA) is 151 Å². The second kappa shape index (κ2) is 9.66.